The van der Waals surface area contributed by atoms with Crippen LogP contribution in [0, 0.1) is 0 Å². The number of carbonyl (C=O) groups is 1. The van der Waals surface area contributed by atoms with E-state index in [2.05, 4.69) is 26.2 Å². The van der Waals surface area contributed by atoms with E-state index in [1.54, 1.807) is 18.2 Å². The second-order valence-corrected chi connectivity index (χ2v) is 5.40. The molecule has 2 rings (SSSR count). The first-order chi connectivity index (χ1) is 8.97. The Morgan fingerprint density at radius 2 is 1.89 bits per heavy atom. The summed E-state index contributed by atoms with van der Waals surface area (Å²) in [5, 5.41) is 3.33. The number of nitrogen functional groups attached to an aromatic ring is 1. The summed E-state index contributed by atoms with van der Waals surface area (Å²) < 4.78 is 0.730. The van der Waals surface area contributed by atoms with Crippen molar-refractivity contribution in [3.05, 3.63) is 50.5 Å². The van der Waals surface area contributed by atoms with Crippen LogP contribution in [0.5, 0.6) is 0 Å². The SMILES string of the molecule is Nc1cc(C(=O)Nc2c(Cl)cc(Br)cc2Cl)ccn1. The molecule has 0 radical (unpaired) electrons. The first-order valence-corrected chi connectivity index (χ1v) is 6.69. The van der Waals surface area contributed by atoms with Gasteiger partial charge < -0.3 is 11.1 Å². The van der Waals surface area contributed by atoms with Crippen LogP contribution in [0.4, 0.5) is 11.5 Å². The lowest BCUT2D eigenvalue weighted by Crippen LogP contribution is -2.13. The summed E-state index contributed by atoms with van der Waals surface area (Å²) in [7, 11) is 0. The van der Waals surface area contributed by atoms with Crippen molar-refractivity contribution < 1.29 is 4.79 Å². The normalized spacial score (nSPS) is 10.3. The van der Waals surface area contributed by atoms with Crippen LogP contribution in [0.25, 0.3) is 0 Å². The maximum absolute atomic E-state index is 12.0. The van der Waals surface area contributed by atoms with Crippen molar-refractivity contribution in [1.82, 2.24) is 4.98 Å². The van der Waals surface area contributed by atoms with Crippen LogP contribution < -0.4 is 11.1 Å². The molecule has 0 fully saturated rings. The number of nitrogens with zero attached hydrogens (tertiary/aromatic N) is 1. The van der Waals surface area contributed by atoms with E-state index in [9.17, 15) is 4.79 Å². The molecule has 98 valence electrons. The Labute approximate surface area is 128 Å². The highest BCUT2D eigenvalue weighted by atomic mass is 79.9. The summed E-state index contributed by atoms with van der Waals surface area (Å²) in [5.41, 5.74) is 6.25. The Morgan fingerprint density at radius 3 is 2.47 bits per heavy atom. The van der Waals surface area contributed by atoms with Gasteiger partial charge in [-0.15, -0.1) is 0 Å². The van der Waals surface area contributed by atoms with Gasteiger partial charge in [-0.2, -0.15) is 0 Å². The number of nitrogens with one attached hydrogen (secondary N) is 1. The minimum absolute atomic E-state index is 0.264. The van der Waals surface area contributed by atoms with Gasteiger partial charge in [0.05, 0.1) is 15.7 Å². The average molecular weight is 361 g/mol. The Bertz CT molecular complexity index is 626. The number of halogens is 3. The molecule has 1 amide bonds. The van der Waals surface area contributed by atoms with Gasteiger partial charge in [0.2, 0.25) is 0 Å². The average Bonchev–Trinajstić information content (AvgIpc) is 2.33. The number of rotatable bonds is 2. The summed E-state index contributed by atoms with van der Waals surface area (Å²) in [6.45, 7) is 0. The van der Waals surface area contributed by atoms with E-state index in [1.165, 1.54) is 12.3 Å². The fourth-order valence-corrected chi connectivity index (χ4v) is 2.74. The number of amides is 1. The molecule has 0 saturated heterocycles. The molecule has 1 aromatic heterocycles. The van der Waals surface area contributed by atoms with Gasteiger partial charge >= 0.3 is 0 Å². The highest BCUT2D eigenvalue weighted by molar-refractivity contribution is 9.10. The minimum atomic E-state index is -0.361. The van der Waals surface area contributed by atoms with E-state index in [0.29, 0.717) is 21.3 Å². The predicted octanol–water partition coefficient (Wildman–Crippen LogP) is 3.99. The van der Waals surface area contributed by atoms with Gasteiger partial charge in [-0.3, -0.25) is 4.79 Å². The topological polar surface area (TPSA) is 68.0 Å². The molecule has 1 aromatic carbocycles. The quantitative estimate of drug-likeness (QED) is 0.850. The Morgan fingerprint density at radius 1 is 1.26 bits per heavy atom. The number of hydrogen-bond acceptors (Lipinski definition) is 3. The van der Waals surface area contributed by atoms with Crippen LogP contribution in [-0.2, 0) is 0 Å². The zero-order valence-electron chi connectivity index (χ0n) is 9.45. The molecule has 0 unspecified atom stereocenters. The molecule has 0 aliphatic heterocycles. The molecule has 0 aliphatic carbocycles. The van der Waals surface area contributed by atoms with Crippen molar-refractivity contribution in [3.8, 4) is 0 Å². The number of aromatic nitrogens is 1. The molecule has 0 spiro atoms. The van der Waals surface area contributed by atoms with Gasteiger partial charge in [0.15, 0.2) is 0 Å². The van der Waals surface area contributed by atoms with Crippen LogP contribution in [0.1, 0.15) is 10.4 Å². The first kappa shape index (κ1) is 14.1. The third kappa shape index (κ3) is 3.37. The molecular weight excluding hydrogens is 353 g/mol. The third-order valence-corrected chi connectivity index (χ3v) is 3.34. The predicted molar refractivity (Wildman–Crippen MR) is 80.8 cm³/mol. The number of nitrogens with two attached hydrogens (primary N) is 1. The third-order valence-electron chi connectivity index (χ3n) is 2.29. The van der Waals surface area contributed by atoms with Crippen molar-refractivity contribution in [3.63, 3.8) is 0 Å². The lowest BCUT2D eigenvalue weighted by Gasteiger charge is -2.10. The van der Waals surface area contributed by atoms with Crippen molar-refractivity contribution in [1.29, 1.82) is 0 Å². The van der Waals surface area contributed by atoms with Crippen LogP contribution in [-0.4, -0.2) is 10.9 Å². The molecule has 2 aromatic rings. The van der Waals surface area contributed by atoms with E-state index >= 15 is 0 Å². The van der Waals surface area contributed by atoms with Crippen LogP contribution in [0.3, 0.4) is 0 Å². The maximum Gasteiger partial charge on any atom is 0.255 e. The molecule has 0 bridgehead atoms. The highest BCUT2D eigenvalue weighted by Crippen LogP contribution is 2.34. The largest absolute Gasteiger partial charge is 0.384 e. The molecule has 7 heteroatoms. The molecule has 1 heterocycles. The van der Waals surface area contributed by atoms with Gasteiger partial charge in [-0.1, -0.05) is 39.1 Å². The summed E-state index contributed by atoms with van der Waals surface area (Å²) in [5.74, 6) is -0.0964. The van der Waals surface area contributed by atoms with Gasteiger partial charge in [-0.25, -0.2) is 4.98 Å². The standard InChI is InChI=1S/C12H8BrCl2N3O/c13-7-4-8(14)11(9(15)5-7)18-12(19)6-1-2-17-10(16)3-6/h1-5H,(H2,16,17)(H,18,19). The monoisotopic (exact) mass is 359 g/mol. The number of pyridine rings is 1. The molecule has 0 saturated carbocycles. The fourth-order valence-electron chi connectivity index (χ4n) is 1.44. The van der Waals surface area contributed by atoms with E-state index < -0.39 is 0 Å². The summed E-state index contributed by atoms with van der Waals surface area (Å²) >= 11 is 15.3. The van der Waals surface area contributed by atoms with Gasteiger partial charge in [0.25, 0.3) is 5.91 Å². The number of carbonyl (C=O) groups excluding carboxylic acids is 1. The van der Waals surface area contributed by atoms with E-state index in [0.717, 1.165) is 4.47 Å². The van der Waals surface area contributed by atoms with Gasteiger partial charge in [0, 0.05) is 16.2 Å². The van der Waals surface area contributed by atoms with Crippen molar-refractivity contribution in [2.24, 2.45) is 0 Å². The van der Waals surface area contributed by atoms with Crippen molar-refractivity contribution in [2.45, 2.75) is 0 Å². The zero-order chi connectivity index (χ0) is 14.0. The summed E-state index contributed by atoms with van der Waals surface area (Å²) in [6.07, 6.45) is 1.45. The second-order valence-electron chi connectivity index (χ2n) is 3.67. The van der Waals surface area contributed by atoms with Crippen LogP contribution >= 0.6 is 39.1 Å². The Kier molecular flexibility index (Phi) is 4.29. The zero-order valence-corrected chi connectivity index (χ0v) is 12.6. The molecule has 19 heavy (non-hydrogen) atoms. The number of anilines is 2. The fraction of sp³-hybridized carbons (Fsp3) is 0. The smallest absolute Gasteiger partial charge is 0.255 e. The lowest BCUT2D eigenvalue weighted by atomic mass is 10.2. The lowest BCUT2D eigenvalue weighted by molar-refractivity contribution is 0.102. The van der Waals surface area contributed by atoms with Gasteiger partial charge in [0.1, 0.15) is 5.82 Å². The number of benzene rings is 1. The Balaban J connectivity index is 2.29. The van der Waals surface area contributed by atoms with Crippen molar-refractivity contribution in [2.75, 3.05) is 11.1 Å². The van der Waals surface area contributed by atoms with E-state index in [1.807, 2.05) is 0 Å². The molecule has 0 aliphatic rings. The molecular formula is C12H8BrCl2N3O. The van der Waals surface area contributed by atoms with Crippen LogP contribution in [0.2, 0.25) is 10.0 Å². The second kappa shape index (κ2) is 5.77. The first-order valence-electron chi connectivity index (χ1n) is 5.15. The van der Waals surface area contributed by atoms with E-state index in [4.69, 9.17) is 28.9 Å². The van der Waals surface area contributed by atoms with Gasteiger partial charge in [-0.05, 0) is 24.3 Å². The van der Waals surface area contributed by atoms with E-state index in [-0.39, 0.29) is 11.7 Å². The Hall–Kier alpha value is -1.30. The maximum atomic E-state index is 12.0. The van der Waals surface area contributed by atoms with Crippen LogP contribution in [0.15, 0.2) is 34.9 Å². The molecule has 4 nitrogen and oxygen atoms in total. The minimum Gasteiger partial charge on any atom is -0.384 e. The summed E-state index contributed by atoms with van der Waals surface area (Å²) in [6, 6.07) is 6.30. The molecule has 3 N–H and O–H groups in total. The molecule has 0 atom stereocenters. The number of hydrogen-bond donors (Lipinski definition) is 2. The van der Waals surface area contributed by atoms with Crippen molar-refractivity contribution >= 4 is 56.5 Å². The highest BCUT2D eigenvalue weighted by Gasteiger charge is 2.13. The summed E-state index contributed by atoms with van der Waals surface area (Å²) in [4.78, 5) is 15.8.